The quantitative estimate of drug-likeness (QED) is 0.920. The van der Waals surface area contributed by atoms with Crippen LogP contribution in [0.1, 0.15) is 28.8 Å². The van der Waals surface area contributed by atoms with Crippen molar-refractivity contribution < 1.29 is 32.6 Å². The van der Waals surface area contributed by atoms with Gasteiger partial charge in [-0.15, -0.1) is 0 Å². The van der Waals surface area contributed by atoms with Gasteiger partial charge in [0.05, 0.1) is 18.1 Å². The van der Waals surface area contributed by atoms with Crippen molar-refractivity contribution in [3.63, 3.8) is 0 Å². The Labute approximate surface area is 130 Å². The van der Waals surface area contributed by atoms with E-state index in [-0.39, 0.29) is 24.6 Å². The summed E-state index contributed by atoms with van der Waals surface area (Å²) in [6.45, 7) is 0.217. The van der Waals surface area contributed by atoms with Gasteiger partial charge in [0.2, 0.25) is 0 Å². The van der Waals surface area contributed by atoms with Gasteiger partial charge >= 0.3 is 12.1 Å². The van der Waals surface area contributed by atoms with Gasteiger partial charge in [-0.2, -0.15) is 13.2 Å². The first-order valence-corrected chi connectivity index (χ1v) is 6.95. The molecule has 1 amide bonds. The van der Waals surface area contributed by atoms with Crippen LogP contribution in [0.4, 0.5) is 13.2 Å². The van der Waals surface area contributed by atoms with Crippen LogP contribution in [0, 0.1) is 0 Å². The molecule has 1 saturated heterocycles. The Morgan fingerprint density at radius 3 is 2.39 bits per heavy atom. The number of alkyl halides is 3. The summed E-state index contributed by atoms with van der Waals surface area (Å²) in [4.78, 5) is 24.7. The van der Waals surface area contributed by atoms with Gasteiger partial charge in [-0.25, -0.2) is 0 Å². The van der Waals surface area contributed by atoms with Crippen LogP contribution in [0.15, 0.2) is 24.3 Å². The smallest absolute Gasteiger partial charge is 0.416 e. The zero-order valence-corrected chi connectivity index (χ0v) is 12.3. The summed E-state index contributed by atoms with van der Waals surface area (Å²) in [6.07, 6.45) is -4.60. The molecule has 0 spiro atoms. The van der Waals surface area contributed by atoms with Crippen molar-refractivity contribution in [2.45, 2.75) is 31.2 Å². The zero-order chi connectivity index (χ0) is 17.2. The highest BCUT2D eigenvalue weighted by Crippen LogP contribution is 2.30. The predicted octanol–water partition coefficient (Wildman–Crippen LogP) is 2.41. The number of amides is 1. The van der Waals surface area contributed by atoms with Crippen molar-refractivity contribution in [2.75, 3.05) is 13.7 Å². The number of likely N-dealkylation sites (tertiary alicyclic amines) is 1. The van der Waals surface area contributed by atoms with Gasteiger partial charge in [0.15, 0.2) is 0 Å². The first kappa shape index (κ1) is 17.3. The molecule has 126 valence electrons. The van der Waals surface area contributed by atoms with Crippen molar-refractivity contribution in [2.24, 2.45) is 0 Å². The molecular weight excluding hydrogens is 315 g/mol. The van der Waals surface area contributed by atoms with Crippen LogP contribution in [-0.2, 0) is 15.7 Å². The molecule has 1 N–H and O–H groups in total. The maximum Gasteiger partial charge on any atom is 0.416 e. The Bertz CT molecular complexity index is 585. The number of halogens is 3. The second-order valence-corrected chi connectivity index (χ2v) is 5.38. The number of ether oxygens (including phenoxy) is 1. The van der Waals surface area contributed by atoms with Gasteiger partial charge in [0.25, 0.3) is 5.91 Å². The Hall–Kier alpha value is -2.09. The molecule has 23 heavy (non-hydrogen) atoms. The van der Waals surface area contributed by atoms with E-state index in [9.17, 15) is 22.8 Å². The molecule has 0 saturated carbocycles. The fourth-order valence-corrected chi connectivity index (χ4v) is 2.66. The number of methoxy groups -OCH3 is 1. The molecule has 2 atom stereocenters. The van der Waals surface area contributed by atoms with Gasteiger partial charge in [0, 0.05) is 25.3 Å². The highest BCUT2D eigenvalue weighted by molar-refractivity contribution is 5.95. The lowest BCUT2D eigenvalue weighted by molar-refractivity contribution is -0.138. The van der Waals surface area contributed by atoms with Gasteiger partial charge in [0.1, 0.15) is 0 Å². The summed E-state index contributed by atoms with van der Waals surface area (Å²) in [5.41, 5.74) is -0.752. The molecule has 1 fully saturated rings. The second-order valence-electron chi connectivity index (χ2n) is 5.38. The van der Waals surface area contributed by atoms with E-state index >= 15 is 0 Å². The first-order valence-electron chi connectivity index (χ1n) is 6.95. The van der Waals surface area contributed by atoms with Gasteiger partial charge < -0.3 is 14.7 Å². The molecule has 1 heterocycles. The van der Waals surface area contributed by atoms with Gasteiger partial charge in [-0.1, -0.05) is 0 Å². The third kappa shape index (κ3) is 4.01. The standard InChI is InChI=1S/C15H16F3NO4/c1-23-12-6-11(7-13(20)21)19(8-12)14(22)9-2-4-10(5-3-9)15(16,17)18/h2-5,11-12H,6-8H2,1H3,(H,20,21). The second kappa shape index (κ2) is 6.57. The van der Waals surface area contributed by atoms with Crippen molar-refractivity contribution in [1.82, 2.24) is 4.90 Å². The van der Waals surface area contributed by atoms with Crippen molar-refractivity contribution in [3.05, 3.63) is 35.4 Å². The summed E-state index contributed by atoms with van der Waals surface area (Å²) in [5, 5.41) is 8.93. The van der Waals surface area contributed by atoms with Gasteiger partial charge in [-0.05, 0) is 30.7 Å². The summed E-state index contributed by atoms with van der Waals surface area (Å²) in [5.74, 6) is -1.54. The highest BCUT2D eigenvalue weighted by Gasteiger charge is 2.37. The summed E-state index contributed by atoms with van der Waals surface area (Å²) < 4.78 is 42.8. The van der Waals surface area contributed by atoms with E-state index in [1.807, 2.05) is 0 Å². The van der Waals surface area contributed by atoms with E-state index in [1.165, 1.54) is 12.0 Å². The van der Waals surface area contributed by atoms with Crippen LogP contribution < -0.4 is 0 Å². The number of nitrogens with zero attached hydrogens (tertiary/aromatic N) is 1. The molecule has 8 heteroatoms. The lowest BCUT2D eigenvalue weighted by Crippen LogP contribution is -2.37. The lowest BCUT2D eigenvalue weighted by Gasteiger charge is -2.23. The summed E-state index contributed by atoms with van der Waals surface area (Å²) >= 11 is 0. The van der Waals surface area contributed by atoms with E-state index in [0.717, 1.165) is 24.3 Å². The molecule has 2 unspecified atom stereocenters. The fourth-order valence-electron chi connectivity index (χ4n) is 2.66. The number of hydrogen-bond donors (Lipinski definition) is 1. The minimum atomic E-state index is -4.47. The molecule has 1 aromatic rings. The Morgan fingerprint density at radius 2 is 1.91 bits per heavy atom. The number of aliphatic carboxylic acids is 1. The molecule has 0 bridgehead atoms. The minimum Gasteiger partial charge on any atom is -0.481 e. The van der Waals surface area contributed by atoms with Crippen LogP contribution >= 0.6 is 0 Å². The highest BCUT2D eigenvalue weighted by atomic mass is 19.4. The number of carboxylic acid groups (broad SMARTS) is 1. The lowest BCUT2D eigenvalue weighted by atomic mass is 10.1. The average molecular weight is 331 g/mol. The van der Waals surface area contributed by atoms with Crippen LogP contribution in [0.25, 0.3) is 0 Å². The third-order valence-corrected chi connectivity index (χ3v) is 3.84. The largest absolute Gasteiger partial charge is 0.481 e. The fraction of sp³-hybridized carbons (Fsp3) is 0.467. The number of hydrogen-bond acceptors (Lipinski definition) is 3. The molecule has 0 aliphatic carbocycles. The summed E-state index contributed by atoms with van der Waals surface area (Å²) in [6, 6.07) is 3.34. The van der Waals surface area contributed by atoms with Crippen LogP contribution in [0.5, 0.6) is 0 Å². The molecule has 5 nitrogen and oxygen atoms in total. The third-order valence-electron chi connectivity index (χ3n) is 3.84. The van der Waals surface area contributed by atoms with E-state index < -0.39 is 29.7 Å². The number of benzene rings is 1. The number of carbonyl (C=O) groups excluding carboxylic acids is 1. The first-order chi connectivity index (χ1) is 10.7. The predicted molar refractivity (Wildman–Crippen MR) is 73.9 cm³/mol. The zero-order valence-electron chi connectivity index (χ0n) is 12.3. The maximum absolute atomic E-state index is 12.5. The molecule has 1 aromatic carbocycles. The number of carbonyl (C=O) groups is 2. The van der Waals surface area contributed by atoms with Crippen LogP contribution in [0.3, 0.4) is 0 Å². The number of rotatable bonds is 4. The van der Waals surface area contributed by atoms with E-state index in [2.05, 4.69) is 0 Å². The molecular formula is C15H16F3NO4. The monoisotopic (exact) mass is 331 g/mol. The molecule has 0 aromatic heterocycles. The molecule has 1 aliphatic heterocycles. The van der Waals surface area contributed by atoms with Crippen LogP contribution in [0.2, 0.25) is 0 Å². The van der Waals surface area contributed by atoms with Crippen LogP contribution in [-0.4, -0.2) is 47.7 Å². The number of carboxylic acids is 1. The Kier molecular flexibility index (Phi) is 4.93. The Balaban J connectivity index is 2.18. The average Bonchev–Trinajstić information content (AvgIpc) is 2.88. The topological polar surface area (TPSA) is 66.8 Å². The molecule has 0 radical (unpaired) electrons. The maximum atomic E-state index is 12.5. The molecule has 1 aliphatic rings. The SMILES string of the molecule is COC1CC(CC(=O)O)N(C(=O)c2ccc(C(F)(F)F)cc2)C1. The van der Waals surface area contributed by atoms with E-state index in [4.69, 9.17) is 9.84 Å². The van der Waals surface area contributed by atoms with Crippen molar-refractivity contribution in [3.8, 4) is 0 Å². The summed E-state index contributed by atoms with van der Waals surface area (Å²) in [7, 11) is 1.47. The van der Waals surface area contributed by atoms with E-state index in [1.54, 1.807) is 0 Å². The Morgan fingerprint density at radius 1 is 1.30 bits per heavy atom. The molecule has 2 rings (SSSR count). The van der Waals surface area contributed by atoms with E-state index in [0.29, 0.717) is 6.42 Å². The van der Waals surface area contributed by atoms with Gasteiger partial charge in [-0.3, -0.25) is 9.59 Å². The normalized spacial score (nSPS) is 21.5. The minimum absolute atomic E-state index is 0.0881. The van der Waals surface area contributed by atoms with Crippen molar-refractivity contribution in [1.29, 1.82) is 0 Å². The van der Waals surface area contributed by atoms with Crippen molar-refractivity contribution >= 4 is 11.9 Å².